The quantitative estimate of drug-likeness (QED) is 0.517. The monoisotopic (exact) mass is 304 g/mol. The topological polar surface area (TPSA) is 56.0 Å². The van der Waals surface area contributed by atoms with Gasteiger partial charge in [-0.15, -0.1) is 0 Å². The third-order valence-electron chi connectivity index (χ3n) is 3.75. The van der Waals surface area contributed by atoms with Gasteiger partial charge in [0.2, 0.25) is 0 Å². The zero-order chi connectivity index (χ0) is 16.1. The summed E-state index contributed by atoms with van der Waals surface area (Å²) < 4.78 is 0. The van der Waals surface area contributed by atoms with Crippen molar-refractivity contribution in [1.29, 1.82) is 0 Å². The highest BCUT2D eigenvalue weighted by molar-refractivity contribution is 5.60. The molecule has 0 radical (unpaired) electrons. The lowest BCUT2D eigenvalue weighted by Gasteiger charge is -2.04. The highest BCUT2D eigenvalue weighted by Gasteiger charge is 2.06. The van der Waals surface area contributed by atoms with Gasteiger partial charge in [0.15, 0.2) is 0 Å². The van der Waals surface area contributed by atoms with Gasteiger partial charge < -0.3 is 0 Å². The van der Waals surface area contributed by atoms with E-state index in [2.05, 4.69) is 41.4 Å². The number of aryl methyl sites for hydroxylation is 2. The van der Waals surface area contributed by atoms with E-state index in [0.717, 1.165) is 24.1 Å². The fourth-order valence-corrected chi connectivity index (χ4v) is 2.44. The molecule has 23 heavy (non-hydrogen) atoms. The van der Waals surface area contributed by atoms with Crippen molar-refractivity contribution < 1.29 is 4.92 Å². The molecule has 0 saturated carbocycles. The van der Waals surface area contributed by atoms with Crippen molar-refractivity contribution in [1.82, 2.24) is 4.98 Å². The molecule has 4 nitrogen and oxygen atoms in total. The molecule has 0 fully saturated rings. The summed E-state index contributed by atoms with van der Waals surface area (Å²) in [4.78, 5) is 14.4. The Hall–Kier alpha value is -3.01. The van der Waals surface area contributed by atoms with Gasteiger partial charge in [0, 0.05) is 11.6 Å². The van der Waals surface area contributed by atoms with Gasteiger partial charge in [-0.3, -0.25) is 10.1 Å². The standard InChI is InChI=1S/C19H16N2O2/c22-21(23)18-12-13-19(20-14-18)17-10-8-16(9-11-17)7-6-15-4-2-1-3-5-15/h1-5,8-14H,6-7H2. The fourth-order valence-electron chi connectivity index (χ4n) is 2.44. The summed E-state index contributed by atoms with van der Waals surface area (Å²) in [7, 11) is 0. The SMILES string of the molecule is O=[N+]([O-])c1ccc(-c2ccc(CCc3ccccc3)cc2)nc1. The predicted molar refractivity (Wildman–Crippen MR) is 90.2 cm³/mol. The Kier molecular flexibility index (Phi) is 4.43. The van der Waals surface area contributed by atoms with Crippen LogP contribution in [0.25, 0.3) is 11.3 Å². The molecule has 2 aromatic carbocycles. The molecule has 3 rings (SSSR count). The average Bonchev–Trinajstić information content (AvgIpc) is 2.61. The molecule has 0 atom stereocenters. The van der Waals surface area contributed by atoms with Crippen molar-refractivity contribution in [3.8, 4) is 11.3 Å². The first-order valence-electron chi connectivity index (χ1n) is 7.46. The highest BCUT2D eigenvalue weighted by Crippen LogP contribution is 2.20. The lowest BCUT2D eigenvalue weighted by Crippen LogP contribution is -1.92. The zero-order valence-electron chi connectivity index (χ0n) is 12.6. The van der Waals surface area contributed by atoms with Gasteiger partial charge in [0.1, 0.15) is 6.20 Å². The van der Waals surface area contributed by atoms with Crippen LogP contribution in [0, 0.1) is 10.1 Å². The Bertz CT molecular complexity index is 782. The summed E-state index contributed by atoms with van der Waals surface area (Å²) >= 11 is 0. The normalized spacial score (nSPS) is 10.4. The van der Waals surface area contributed by atoms with Gasteiger partial charge in [0.05, 0.1) is 10.6 Å². The smallest absolute Gasteiger partial charge is 0.258 e. The van der Waals surface area contributed by atoms with E-state index in [9.17, 15) is 10.1 Å². The summed E-state index contributed by atoms with van der Waals surface area (Å²) in [5.74, 6) is 0. The van der Waals surface area contributed by atoms with E-state index in [1.54, 1.807) is 6.07 Å². The Balaban J connectivity index is 1.68. The van der Waals surface area contributed by atoms with E-state index in [1.807, 2.05) is 18.2 Å². The fraction of sp³-hybridized carbons (Fsp3) is 0.105. The van der Waals surface area contributed by atoms with Crippen molar-refractivity contribution in [2.24, 2.45) is 0 Å². The average molecular weight is 304 g/mol. The molecular weight excluding hydrogens is 288 g/mol. The number of nitro groups is 1. The zero-order valence-corrected chi connectivity index (χ0v) is 12.6. The Morgan fingerprint density at radius 3 is 2.04 bits per heavy atom. The van der Waals surface area contributed by atoms with E-state index >= 15 is 0 Å². The molecule has 1 aromatic heterocycles. The molecule has 3 aromatic rings. The molecular formula is C19H16N2O2. The van der Waals surface area contributed by atoms with Gasteiger partial charge in [-0.2, -0.15) is 0 Å². The lowest BCUT2D eigenvalue weighted by molar-refractivity contribution is -0.385. The van der Waals surface area contributed by atoms with Gasteiger partial charge >= 0.3 is 0 Å². The maximum Gasteiger partial charge on any atom is 0.287 e. The van der Waals surface area contributed by atoms with Crippen LogP contribution in [0.5, 0.6) is 0 Å². The minimum absolute atomic E-state index is 0.00762. The van der Waals surface area contributed by atoms with Crippen molar-refractivity contribution in [2.45, 2.75) is 12.8 Å². The molecule has 0 spiro atoms. The van der Waals surface area contributed by atoms with Crippen LogP contribution in [0.1, 0.15) is 11.1 Å². The Morgan fingerprint density at radius 1 is 0.826 bits per heavy atom. The summed E-state index contributed by atoms with van der Waals surface area (Å²) in [5, 5.41) is 10.6. The van der Waals surface area contributed by atoms with E-state index in [-0.39, 0.29) is 5.69 Å². The largest absolute Gasteiger partial charge is 0.287 e. The first-order valence-corrected chi connectivity index (χ1v) is 7.46. The molecule has 114 valence electrons. The van der Waals surface area contributed by atoms with Crippen molar-refractivity contribution in [3.05, 3.63) is 94.2 Å². The van der Waals surface area contributed by atoms with Gasteiger partial charge in [0.25, 0.3) is 5.69 Å². The first-order chi connectivity index (χ1) is 11.2. The third kappa shape index (κ3) is 3.80. The lowest BCUT2D eigenvalue weighted by atomic mass is 10.0. The van der Waals surface area contributed by atoms with Crippen LogP contribution >= 0.6 is 0 Å². The molecule has 0 amide bonds. The summed E-state index contributed by atoms with van der Waals surface area (Å²) in [6.07, 6.45) is 3.28. The maximum atomic E-state index is 10.6. The number of hydrogen-bond donors (Lipinski definition) is 0. The molecule has 0 unspecified atom stereocenters. The van der Waals surface area contributed by atoms with E-state index in [0.29, 0.717) is 0 Å². The van der Waals surface area contributed by atoms with Crippen LogP contribution in [0.3, 0.4) is 0 Å². The van der Waals surface area contributed by atoms with Gasteiger partial charge in [-0.25, -0.2) is 4.98 Å². The second kappa shape index (κ2) is 6.83. The summed E-state index contributed by atoms with van der Waals surface area (Å²) in [6.45, 7) is 0. The van der Waals surface area contributed by atoms with E-state index < -0.39 is 4.92 Å². The number of rotatable bonds is 5. The summed E-state index contributed by atoms with van der Waals surface area (Å²) in [6, 6.07) is 21.7. The van der Waals surface area contributed by atoms with Crippen molar-refractivity contribution >= 4 is 5.69 Å². The van der Waals surface area contributed by atoms with Crippen LogP contribution in [0.2, 0.25) is 0 Å². The molecule has 0 aliphatic heterocycles. The van der Waals surface area contributed by atoms with E-state index in [4.69, 9.17) is 0 Å². The molecule has 0 N–H and O–H groups in total. The number of aromatic nitrogens is 1. The Labute approximate surface area is 134 Å². The third-order valence-corrected chi connectivity index (χ3v) is 3.75. The number of benzene rings is 2. The second-order valence-corrected chi connectivity index (χ2v) is 5.34. The molecule has 0 aliphatic rings. The van der Waals surface area contributed by atoms with Crippen molar-refractivity contribution in [2.75, 3.05) is 0 Å². The van der Waals surface area contributed by atoms with Crippen molar-refractivity contribution in [3.63, 3.8) is 0 Å². The minimum atomic E-state index is -0.441. The molecule has 1 heterocycles. The summed E-state index contributed by atoms with van der Waals surface area (Å²) in [5.41, 5.74) is 4.30. The second-order valence-electron chi connectivity index (χ2n) is 5.34. The van der Waals surface area contributed by atoms with Crippen LogP contribution in [0.4, 0.5) is 5.69 Å². The highest BCUT2D eigenvalue weighted by atomic mass is 16.6. The van der Waals surface area contributed by atoms with Gasteiger partial charge in [-0.1, -0.05) is 54.6 Å². The van der Waals surface area contributed by atoms with E-state index in [1.165, 1.54) is 23.4 Å². The molecule has 4 heteroatoms. The first kappa shape index (κ1) is 14.9. The minimum Gasteiger partial charge on any atom is -0.258 e. The van der Waals surface area contributed by atoms with Crippen LogP contribution in [-0.2, 0) is 12.8 Å². The van der Waals surface area contributed by atoms with Gasteiger partial charge in [-0.05, 0) is 30.0 Å². The van der Waals surface area contributed by atoms with Crippen LogP contribution < -0.4 is 0 Å². The number of hydrogen-bond acceptors (Lipinski definition) is 3. The predicted octanol–water partition coefficient (Wildman–Crippen LogP) is 4.44. The number of nitrogens with zero attached hydrogens (tertiary/aromatic N) is 2. The molecule has 0 bridgehead atoms. The maximum absolute atomic E-state index is 10.6. The Morgan fingerprint density at radius 2 is 1.48 bits per heavy atom. The molecule has 0 saturated heterocycles. The molecule has 0 aliphatic carbocycles. The van der Waals surface area contributed by atoms with Crippen LogP contribution in [-0.4, -0.2) is 9.91 Å². The number of pyridine rings is 1. The van der Waals surface area contributed by atoms with Crippen LogP contribution in [0.15, 0.2) is 72.9 Å².